The number of hydrogen-bond donors (Lipinski definition) is 1. The van der Waals surface area contributed by atoms with Crippen LogP contribution in [-0.2, 0) is 6.54 Å². The van der Waals surface area contributed by atoms with Gasteiger partial charge in [-0.05, 0) is 43.4 Å². The summed E-state index contributed by atoms with van der Waals surface area (Å²) in [5.74, 6) is 0. The van der Waals surface area contributed by atoms with Crippen LogP contribution in [0.5, 0.6) is 0 Å². The maximum absolute atomic E-state index is 10.2. The molecule has 4 nitrogen and oxygen atoms in total. The summed E-state index contributed by atoms with van der Waals surface area (Å²) in [6.07, 6.45) is 4.11. The van der Waals surface area contributed by atoms with Crippen molar-refractivity contribution >= 4 is 0 Å². The number of benzene rings is 1. The Labute approximate surface area is 133 Å². The van der Waals surface area contributed by atoms with Gasteiger partial charge >= 0.3 is 0 Å². The molecular formula is C18H25N3O. The first-order valence-electron chi connectivity index (χ1n) is 8.33. The van der Waals surface area contributed by atoms with Crippen molar-refractivity contribution in [3.05, 3.63) is 35.4 Å². The van der Waals surface area contributed by atoms with Crippen LogP contribution in [0.3, 0.4) is 0 Å². The lowest BCUT2D eigenvalue weighted by Gasteiger charge is -2.40. The first-order chi connectivity index (χ1) is 10.7. The van der Waals surface area contributed by atoms with Crippen molar-refractivity contribution in [2.75, 3.05) is 32.7 Å². The Bertz CT molecular complexity index is 522. The first-order valence-corrected chi connectivity index (χ1v) is 8.33. The van der Waals surface area contributed by atoms with Crippen LogP contribution in [0.15, 0.2) is 24.3 Å². The van der Waals surface area contributed by atoms with Crippen LogP contribution in [0.1, 0.15) is 36.8 Å². The second-order valence-electron chi connectivity index (χ2n) is 6.75. The Morgan fingerprint density at radius 3 is 2.23 bits per heavy atom. The molecule has 1 heterocycles. The smallest absolute Gasteiger partial charge is 0.0991 e. The highest BCUT2D eigenvalue weighted by molar-refractivity contribution is 5.31. The van der Waals surface area contributed by atoms with E-state index >= 15 is 0 Å². The standard InChI is InChI=1S/C18H25N3O/c19-14-16-2-4-17(5-3-16)15-21-12-10-20(11-13-21)9-8-18(22)6-1-7-18/h2-5,22H,1,6-13,15H2. The van der Waals surface area contributed by atoms with Gasteiger partial charge in [0.05, 0.1) is 17.2 Å². The summed E-state index contributed by atoms with van der Waals surface area (Å²) in [5.41, 5.74) is 1.65. The van der Waals surface area contributed by atoms with E-state index in [-0.39, 0.29) is 5.60 Å². The summed E-state index contributed by atoms with van der Waals surface area (Å²) in [5, 5.41) is 19.0. The molecule has 1 N–H and O–H groups in total. The molecule has 0 atom stereocenters. The molecule has 0 bridgehead atoms. The van der Waals surface area contributed by atoms with Gasteiger partial charge in [0.15, 0.2) is 0 Å². The number of nitrogens with zero attached hydrogens (tertiary/aromatic N) is 3. The topological polar surface area (TPSA) is 50.5 Å². The zero-order valence-electron chi connectivity index (χ0n) is 13.2. The van der Waals surface area contributed by atoms with Gasteiger partial charge in [0.1, 0.15) is 0 Å². The van der Waals surface area contributed by atoms with Gasteiger partial charge in [-0.3, -0.25) is 4.90 Å². The highest BCUT2D eigenvalue weighted by Crippen LogP contribution is 2.34. The Hall–Kier alpha value is -1.41. The molecule has 3 rings (SSSR count). The van der Waals surface area contributed by atoms with Gasteiger partial charge in [0, 0.05) is 39.3 Å². The summed E-state index contributed by atoms with van der Waals surface area (Å²) in [7, 11) is 0. The quantitative estimate of drug-likeness (QED) is 0.903. The van der Waals surface area contributed by atoms with Gasteiger partial charge < -0.3 is 10.0 Å². The van der Waals surface area contributed by atoms with E-state index in [9.17, 15) is 5.11 Å². The first kappa shape index (κ1) is 15.5. The summed E-state index contributed by atoms with van der Waals surface area (Å²) >= 11 is 0. The Kier molecular flexibility index (Phi) is 4.77. The van der Waals surface area contributed by atoms with Crippen molar-refractivity contribution in [2.45, 2.75) is 37.8 Å². The molecule has 0 unspecified atom stereocenters. The molecule has 1 aliphatic carbocycles. The fraction of sp³-hybridized carbons (Fsp3) is 0.611. The lowest BCUT2D eigenvalue weighted by molar-refractivity contribution is -0.0485. The lowest BCUT2D eigenvalue weighted by atomic mass is 9.78. The maximum Gasteiger partial charge on any atom is 0.0991 e. The molecule has 2 fully saturated rings. The van der Waals surface area contributed by atoms with E-state index in [0.29, 0.717) is 0 Å². The average molecular weight is 299 g/mol. The number of piperazine rings is 1. The second-order valence-corrected chi connectivity index (χ2v) is 6.75. The molecule has 0 amide bonds. The van der Waals surface area contributed by atoms with Crippen LogP contribution in [-0.4, -0.2) is 53.2 Å². The largest absolute Gasteiger partial charge is 0.390 e. The molecule has 0 radical (unpaired) electrons. The van der Waals surface area contributed by atoms with E-state index in [2.05, 4.69) is 28.0 Å². The van der Waals surface area contributed by atoms with E-state index in [0.717, 1.165) is 64.1 Å². The molecule has 1 saturated heterocycles. The van der Waals surface area contributed by atoms with Crippen LogP contribution in [0.25, 0.3) is 0 Å². The summed E-state index contributed by atoms with van der Waals surface area (Å²) in [4.78, 5) is 4.95. The summed E-state index contributed by atoms with van der Waals surface area (Å²) in [6, 6.07) is 10.1. The number of hydrogen-bond acceptors (Lipinski definition) is 4. The van der Waals surface area contributed by atoms with E-state index in [1.54, 1.807) is 0 Å². The number of rotatable bonds is 5. The van der Waals surface area contributed by atoms with Crippen molar-refractivity contribution in [1.29, 1.82) is 5.26 Å². The minimum absolute atomic E-state index is 0.348. The van der Waals surface area contributed by atoms with Crippen molar-refractivity contribution in [1.82, 2.24) is 9.80 Å². The van der Waals surface area contributed by atoms with E-state index < -0.39 is 0 Å². The fourth-order valence-corrected chi connectivity index (χ4v) is 3.32. The molecule has 2 aliphatic rings. The van der Waals surface area contributed by atoms with Crippen LogP contribution in [0, 0.1) is 11.3 Å². The molecule has 118 valence electrons. The monoisotopic (exact) mass is 299 g/mol. The van der Waals surface area contributed by atoms with Gasteiger partial charge in [-0.25, -0.2) is 0 Å². The van der Waals surface area contributed by atoms with Crippen LogP contribution >= 0.6 is 0 Å². The highest BCUT2D eigenvalue weighted by Gasteiger charge is 2.34. The highest BCUT2D eigenvalue weighted by atomic mass is 16.3. The average Bonchev–Trinajstić information content (AvgIpc) is 2.53. The predicted octanol–water partition coefficient (Wildman–Crippen LogP) is 1.98. The maximum atomic E-state index is 10.2. The number of aliphatic hydroxyl groups is 1. The van der Waals surface area contributed by atoms with Gasteiger partial charge in [-0.15, -0.1) is 0 Å². The molecule has 1 aromatic rings. The van der Waals surface area contributed by atoms with Crippen molar-refractivity contribution < 1.29 is 5.11 Å². The number of nitriles is 1. The third kappa shape index (κ3) is 3.86. The molecule has 0 aromatic heterocycles. The normalized spacial score (nSPS) is 22.0. The SMILES string of the molecule is N#Cc1ccc(CN2CCN(CCC3(O)CCC3)CC2)cc1. The third-order valence-electron chi connectivity index (χ3n) is 5.13. The molecular weight excluding hydrogens is 274 g/mol. The minimum Gasteiger partial charge on any atom is -0.390 e. The van der Waals surface area contributed by atoms with Gasteiger partial charge in [0.25, 0.3) is 0 Å². The summed E-state index contributed by atoms with van der Waals surface area (Å²) in [6.45, 7) is 6.33. The zero-order chi connectivity index (χ0) is 15.4. The van der Waals surface area contributed by atoms with Crippen LogP contribution < -0.4 is 0 Å². The minimum atomic E-state index is -0.348. The van der Waals surface area contributed by atoms with Gasteiger partial charge in [-0.2, -0.15) is 5.26 Å². The molecule has 4 heteroatoms. The van der Waals surface area contributed by atoms with Crippen molar-refractivity contribution in [3.63, 3.8) is 0 Å². The van der Waals surface area contributed by atoms with E-state index in [1.807, 2.05) is 12.1 Å². The second kappa shape index (κ2) is 6.78. The molecule has 22 heavy (non-hydrogen) atoms. The Balaban J connectivity index is 1.40. The van der Waals surface area contributed by atoms with E-state index in [1.165, 1.54) is 12.0 Å². The van der Waals surface area contributed by atoms with Crippen molar-refractivity contribution in [2.24, 2.45) is 0 Å². The van der Waals surface area contributed by atoms with Gasteiger partial charge in [-0.1, -0.05) is 12.1 Å². The molecule has 1 aromatic carbocycles. The lowest BCUT2D eigenvalue weighted by Crippen LogP contribution is -2.48. The van der Waals surface area contributed by atoms with Gasteiger partial charge in [0.2, 0.25) is 0 Å². The zero-order valence-corrected chi connectivity index (χ0v) is 13.2. The van der Waals surface area contributed by atoms with E-state index in [4.69, 9.17) is 5.26 Å². The Morgan fingerprint density at radius 2 is 1.68 bits per heavy atom. The third-order valence-corrected chi connectivity index (χ3v) is 5.13. The van der Waals surface area contributed by atoms with Crippen molar-refractivity contribution in [3.8, 4) is 6.07 Å². The van der Waals surface area contributed by atoms with Crippen LogP contribution in [0.4, 0.5) is 0 Å². The molecule has 1 aliphatic heterocycles. The fourth-order valence-electron chi connectivity index (χ4n) is 3.32. The summed E-state index contributed by atoms with van der Waals surface area (Å²) < 4.78 is 0. The predicted molar refractivity (Wildman–Crippen MR) is 86.3 cm³/mol. The molecule has 0 spiro atoms. The Morgan fingerprint density at radius 1 is 1.05 bits per heavy atom. The van der Waals surface area contributed by atoms with Crippen LogP contribution in [0.2, 0.25) is 0 Å². The molecule has 1 saturated carbocycles.